The Balaban J connectivity index is 2.19. The van der Waals surface area contributed by atoms with E-state index in [1.165, 1.54) is 7.19 Å². The second-order valence-electron chi connectivity index (χ2n) is 3.10. The first-order valence-corrected chi connectivity index (χ1v) is 4.50. The van der Waals surface area contributed by atoms with Crippen molar-refractivity contribution < 1.29 is 4.79 Å². The van der Waals surface area contributed by atoms with Crippen molar-refractivity contribution in [2.24, 2.45) is 0 Å². The topological polar surface area (TPSA) is 70.7 Å². The maximum absolute atomic E-state index is 11.7. The number of anilines is 1. The molecule has 15 heavy (non-hydrogen) atoms. The van der Waals surface area contributed by atoms with Gasteiger partial charge in [0, 0.05) is 0 Å². The molecule has 2 rings (SSSR count). The zero-order chi connectivity index (χ0) is 10.7. The van der Waals surface area contributed by atoms with Crippen LogP contribution in [0.5, 0.6) is 0 Å². The maximum atomic E-state index is 11.7. The normalized spacial score (nSPS) is 9.67. The molecule has 2 aromatic rings. The number of hydrogen-bond donors (Lipinski definition) is 2. The van der Waals surface area contributed by atoms with Crippen LogP contribution < -0.4 is 5.32 Å². The van der Waals surface area contributed by atoms with Crippen LogP contribution in [-0.4, -0.2) is 28.1 Å². The Morgan fingerprint density at radius 3 is 2.93 bits per heavy atom. The Morgan fingerprint density at radius 2 is 2.27 bits per heavy atom. The molecule has 0 saturated heterocycles. The summed E-state index contributed by atoms with van der Waals surface area (Å²) in [5.41, 5.74) is 1.56. The molecule has 0 unspecified atom stereocenters. The molecule has 0 bridgehead atoms. The minimum absolute atomic E-state index is 0.190. The quantitative estimate of drug-likeness (QED) is 0.749. The molecule has 1 amide bonds. The Hall–Kier alpha value is -1.98. The van der Waals surface area contributed by atoms with Crippen molar-refractivity contribution in [2.45, 2.75) is 6.92 Å². The van der Waals surface area contributed by atoms with E-state index in [-0.39, 0.29) is 5.91 Å². The van der Waals surface area contributed by atoms with Crippen LogP contribution in [0.2, 0.25) is 0 Å². The number of aryl methyl sites for hydroxylation is 1. The summed E-state index contributed by atoms with van der Waals surface area (Å²) in [4.78, 5) is 15.5. The van der Waals surface area contributed by atoms with E-state index in [9.17, 15) is 4.79 Å². The number of rotatable bonds is 2. The number of hydrogen-bond acceptors (Lipinski definition) is 3. The predicted molar refractivity (Wildman–Crippen MR) is 56.9 cm³/mol. The van der Waals surface area contributed by atoms with Gasteiger partial charge in [-0.1, -0.05) is 0 Å². The average molecular weight is 200 g/mol. The average Bonchev–Trinajstić information content (AvgIpc) is 2.71. The first kappa shape index (κ1) is 9.58. The number of carbonyl (C=O) groups excluding carboxylic acids is 1. The summed E-state index contributed by atoms with van der Waals surface area (Å²) in [6, 6.07) is 7.36. The van der Waals surface area contributed by atoms with Gasteiger partial charge < -0.3 is 0 Å². The van der Waals surface area contributed by atoms with Gasteiger partial charge in [0.15, 0.2) is 0 Å². The fourth-order valence-electron chi connectivity index (χ4n) is 1.27. The van der Waals surface area contributed by atoms with Crippen molar-refractivity contribution in [3.8, 4) is 0 Å². The molecule has 5 nitrogen and oxygen atoms in total. The van der Waals surface area contributed by atoms with Crippen LogP contribution in [0.4, 0.5) is 5.95 Å². The number of amides is 1. The summed E-state index contributed by atoms with van der Waals surface area (Å²) in [7, 11) is 1.34. The number of nitrogens with one attached hydrogen (secondary N) is 2. The van der Waals surface area contributed by atoms with E-state index in [2.05, 4.69) is 20.3 Å². The van der Waals surface area contributed by atoms with Gasteiger partial charge in [-0.05, 0) is 0 Å². The molecular weight excluding hydrogens is 191 g/mol. The number of nitrogens with zero attached hydrogens (tertiary/aromatic N) is 2. The third-order valence-electron chi connectivity index (χ3n) is 2.04. The summed E-state index contributed by atoms with van der Waals surface area (Å²) >= 11 is 0. The van der Waals surface area contributed by atoms with E-state index in [1.807, 2.05) is 25.1 Å². The number of carbonyl (C=O) groups is 1. The minimum atomic E-state index is -0.190. The second-order valence-corrected chi connectivity index (χ2v) is 3.10. The number of aromatic nitrogens is 3. The molecular formula is C9H9BN4O. The van der Waals surface area contributed by atoms with Crippen LogP contribution in [0, 0.1) is 6.92 Å². The van der Waals surface area contributed by atoms with Gasteiger partial charge in [0.25, 0.3) is 0 Å². The van der Waals surface area contributed by atoms with Crippen LogP contribution in [0.1, 0.15) is 15.9 Å². The second kappa shape index (κ2) is 4.04. The van der Waals surface area contributed by atoms with Gasteiger partial charge >= 0.3 is 86.5 Å². The van der Waals surface area contributed by atoms with Crippen LogP contribution in [0.3, 0.4) is 0 Å². The molecule has 0 radical (unpaired) electrons. The summed E-state index contributed by atoms with van der Waals surface area (Å²) in [6.45, 7) is 1.88. The summed E-state index contributed by atoms with van der Waals surface area (Å²) in [6.07, 6.45) is 0. The third-order valence-corrected chi connectivity index (χ3v) is 2.04. The first-order valence-electron chi connectivity index (χ1n) is 4.50. The molecule has 74 valence electrons. The van der Waals surface area contributed by atoms with Crippen molar-refractivity contribution >= 4 is 19.1 Å². The van der Waals surface area contributed by atoms with E-state index in [4.69, 9.17) is 0 Å². The summed E-state index contributed by atoms with van der Waals surface area (Å²) in [5.74, 6) is 0.160. The summed E-state index contributed by atoms with van der Waals surface area (Å²) in [5, 5.41) is 8.82. The molecule has 2 N–H and O–H groups in total. The van der Waals surface area contributed by atoms with Crippen molar-refractivity contribution in [1.29, 1.82) is 0 Å². The van der Waals surface area contributed by atoms with Crippen LogP contribution in [0.15, 0.2) is 24.3 Å². The van der Waals surface area contributed by atoms with Gasteiger partial charge in [-0.3, -0.25) is 0 Å². The molecule has 0 aliphatic heterocycles. The number of H-pyrrole nitrogens is 1. The van der Waals surface area contributed by atoms with Crippen LogP contribution in [0.25, 0.3) is 0 Å². The molecule has 6 heteroatoms. The zero-order valence-electron chi connectivity index (χ0n) is 8.19. The first-order chi connectivity index (χ1) is 7.27. The van der Waals surface area contributed by atoms with E-state index in [0.717, 1.165) is 5.56 Å². The Bertz CT molecular complexity index is 469. The molecule has 0 saturated carbocycles. The molecule has 1 heterocycles. The van der Waals surface area contributed by atoms with E-state index >= 15 is 0 Å². The fraction of sp³-hybridized carbons (Fsp3) is 0.111. The zero-order valence-corrected chi connectivity index (χ0v) is 8.19. The van der Waals surface area contributed by atoms with Gasteiger partial charge in [-0.2, -0.15) is 0 Å². The van der Waals surface area contributed by atoms with Gasteiger partial charge in [-0.15, -0.1) is 0 Å². The monoisotopic (exact) mass is 200 g/mol. The fourth-order valence-corrected chi connectivity index (χ4v) is 1.27. The van der Waals surface area contributed by atoms with E-state index in [0.29, 0.717) is 11.5 Å². The molecule has 1 aromatic heterocycles. The van der Waals surface area contributed by atoms with Gasteiger partial charge in [0.05, 0.1) is 0 Å². The Labute approximate surface area is 87.2 Å². The molecule has 0 spiro atoms. The summed E-state index contributed by atoms with van der Waals surface area (Å²) < 4.78 is 0. The number of benzene rings is 1. The van der Waals surface area contributed by atoms with E-state index < -0.39 is 0 Å². The van der Waals surface area contributed by atoms with Crippen molar-refractivity contribution in [3.05, 3.63) is 35.4 Å². The predicted octanol–water partition coefficient (Wildman–Crippen LogP) is 0.704. The van der Waals surface area contributed by atoms with Gasteiger partial charge in [0.1, 0.15) is 0 Å². The van der Waals surface area contributed by atoms with E-state index in [1.54, 1.807) is 6.07 Å². The molecule has 0 aliphatic carbocycles. The van der Waals surface area contributed by atoms with Gasteiger partial charge in [-0.25, -0.2) is 0 Å². The Morgan fingerprint density at radius 1 is 1.47 bits per heavy atom. The molecule has 0 fully saturated rings. The molecule has 1 aromatic carbocycles. The third kappa shape index (κ3) is 2.09. The number of aromatic amines is 1. The van der Waals surface area contributed by atoms with Crippen LogP contribution >= 0.6 is 0 Å². The SMILES string of the molecule is Cc1ccccc1C(=O)Nc1nbn[nH]1. The standard InChI is InChI=1S/C9H9BN4O/c1-6-4-2-3-5-7(6)8(15)11-9-12-10-14-13-9/h2-5H,1H3,(H2,11,12,13,15). The van der Waals surface area contributed by atoms with Crippen LogP contribution in [-0.2, 0) is 0 Å². The molecule has 0 atom stereocenters. The van der Waals surface area contributed by atoms with Crippen molar-refractivity contribution in [2.75, 3.05) is 5.32 Å². The van der Waals surface area contributed by atoms with Gasteiger partial charge in [0.2, 0.25) is 0 Å². The van der Waals surface area contributed by atoms with Crippen molar-refractivity contribution in [3.63, 3.8) is 0 Å². The van der Waals surface area contributed by atoms with Crippen molar-refractivity contribution in [1.82, 2.24) is 15.0 Å². The molecule has 0 aliphatic rings. The Kier molecular flexibility index (Phi) is 2.58.